The van der Waals surface area contributed by atoms with Crippen LogP contribution in [0, 0.1) is 20.8 Å². The van der Waals surface area contributed by atoms with Gasteiger partial charge in [-0.1, -0.05) is 74.9 Å². The number of esters is 2. The molecule has 1 saturated heterocycles. The maximum Gasteiger partial charge on any atom is 1.00 e. The third-order valence-electron chi connectivity index (χ3n) is 8.10. The van der Waals surface area contributed by atoms with Crippen LogP contribution in [-0.4, -0.2) is 67.5 Å². The summed E-state index contributed by atoms with van der Waals surface area (Å²) in [6.07, 6.45) is 11.3. The summed E-state index contributed by atoms with van der Waals surface area (Å²) in [6, 6.07) is 23.7. The van der Waals surface area contributed by atoms with Gasteiger partial charge in [-0.15, -0.1) is 22.7 Å². The molecule has 0 bridgehead atoms. The number of amides is 2. The number of rotatable bonds is 13. The van der Waals surface area contributed by atoms with Crippen molar-refractivity contribution in [1.29, 1.82) is 0 Å². The third kappa shape index (κ3) is 34.0. The van der Waals surface area contributed by atoms with Crippen molar-refractivity contribution in [3.05, 3.63) is 121 Å². The zero-order valence-electron chi connectivity index (χ0n) is 40.6. The van der Waals surface area contributed by atoms with Gasteiger partial charge in [0.2, 0.25) is 11.8 Å². The predicted octanol–water partition coefficient (Wildman–Crippen LogP) is 4.77. The van der Waals surface area contributed by atoms with Crippen LogP contribution >= 0.6 is 22.7 Å². The number of aryl methyl sites for hydroxylation is 3. The Balaban J connectivity index is 0. The molecule has 0 aliphatic carbocycles. The molecular weight excluding hydrogens is 875 g/mol. The van der Waals surface area contributed by atoms with Crippen molar-refractivity contribution in [2.75, 3.05) is 26.3 Å². The van der Waals surface area contributed by atoms with Gasteiger partial charge in [0.15, 0.2) is 6.29 Å². The van der Waals surface area contributed by atoms with Crippen molar-refractivity contribution in [1.82, 2.24) is 10.6 Å². The summed E-state index contributed by atoms with van der Waals surface area (Å²) in [5.41, 5.74) is 3.07. The van der Waals surface area contributed by atoms with Crippen LogP contribution in [0.4, 0.5) is 0 Å². The Hall–Kier alpha value is -4.02. The van der Waals surface area contributed by atoms with E-state index >= 15 is 0 Å². The number of hydrogen-bond acceptors (Lipinski definition) is 10. The Morgan fingerprint density at radius 3 is 1.37 bits per heavy atom. The monoisotopic (exact) mass is 945 g/mol. The summed E-state index contributed by atoms with van der Waals surface area (Å²) in [4.78, 5) is 61.3. The smallest absolute Gasteiger partial charge is 1.00 e. The van der Waals surface area contributed by atoms with E-state index in [0.717, 1.165) is 53.9 Å². The fourth-order valence-corrected chi connectivity index (χ4v) is 6.45. The molecule has 0 atom stereocenters. The molecule has 2 aromatic heterocycles. The van der Waals surface area contributed by atoms with Crippen molar-refractivity contribution >= 4 is 64.9 Å². The molecule has 0 saturated carbocycles. The van der Waals surface area contributed by atoms with E-state index in [0.29, 0.717) is 0 Å². The predicted molar refractivity (Wildman–Crippen MR) is 260 cm³/mol. The van der Waals surface area contributed by atoms with E-state index in [9.17, 15) is 24.0 Å². The van der Waals surface area contributed by atoms with E-state index in [2.05, 4.69) is 62.6 Å². The molecule has 65 heavy (non-hydrogen) atoms. The fraction of sp³-hybridized carbons (Fsp3) is 0.451. The van der Waals surface area contributed by atoms with E-state index < -0.39 is 23.1 Å². The molecule has 14 heteroatoms. The second-order valence-corrected chi connectivity index (χ2v) is 19.2. The van der Waals surface area contributed by atoms with Crippen LogP contribution in [0.1, 0.15) is 128 Å². The van der Waals surface area contributed by atoms with E-state index in [1.807, 2.05) is 67.6 Å². The average molecular weight is 947 g/mol. The summed E-state index contributed by atoms with van der Waals surface area (Å²) in [7, 11) is 0. The van der Waals surface area contributed by atoms with Crippen LogP contribution in [0.15, 0.2) is 72.8 Å². The SMILES string of the molecule is C1CCOC1.CCc1ccc(CC(=O)NCC(=O)OC(C)(C)C)cc1.Cc1ccc(C=Cc2ccc(CC(=O)NCC(=O)OC(C)(C)C)cc2)s1.Cc1ccc(C=O)s1.[CH2-]CCC.[Cl-].[Li+]. The van der Waals surface area contributed by atoms with E-state index in [4.69, 9.17) is 14.2 Å². The zero-order chi connectivity index (χ0) is 47.3. The molecule has 354 valence electrons. The van der Waals surface area contributed by atoms with Crippen LogP contribution in [0.3, 0.4) is 0 Å². The Bertz CT molecular complexity index is 1950. The number of halogens is 1. The van der Waals surface area contributed by atoms with E-state index in [1.54, 1.807) is 52.9 Å². The number of benzene rings is 2. The standard InChI is InChI=1S/C21H25NO3S.C16H23NO3.C6H6OS.C4H8O.C4H9.ClH.Li/c1-15-5-11-18(26-15)12-10-16-6-8-17(9-7-16)13-19(23)22-14-20(24)25-21(2,3)4;1-5-12-6-8-13(9-7-12)10-14(18)17-11-15(19)20-16(2,3)4;1-5-2-3-6(4-7)8-5;1-2-4-5-3-1;1-3-4-2;;/h5-12H,13-14H2,1-4H3,(H,22,23);6-9H,5,10-11H2,1-4H3,(H,17,18);2-4H,1H3;1-4H2;1,3-4H2,2H3;1H;/q;;;;-1;;+1/p-1. The minimum Gasteiger partial charge on any atom is -1.00 e. The molecule has 10 nitrogen and oxygen atoms in total. The number of carbonyl (C=O) groups excluding carboxylic acids is 5. The Kier molecular flexibility index (Phi) is 34.2. The van der Waals surface area contributed by atoms with Crippen LogP contribution in [0.5, 0.6) is 0 Å². The molecule has 0 unspecified atom stereocenters. The summed E-state index contributed by atoms with van der Waals surface area (Å²) in [5, 5.41) is 5.16. The average Bonchev–Trinajstić information content (AvgIpc) is 4.04. The van der Waals surface area contributed by atoms with Gasteiger partial charge in [0.1, 0.15) is 24.3 Å². The van der Waals surface area contributed by atoms with Gasteiger partial charge in [0.05, 0.1) is 17.7 Å². The molecule has 1 fully saturated rings. The number of hydrogen-bond donors (Lipinski definition) is 2. The van der Waals surface area contributed by atoms with Gasteiger partial charge in [-0.3, -0.25) is 24.0 Å². The number of thiophene rings is 2. The maximum atomic E-state index is 11.9. The van der Waals surface area contributed by atoms with Gasteiger partial charge in [-0.2, -0.15) is 6.42 Å². The van der Waals surface area contributed by atoms with Crippen molar-refractivity contribution in [3.63, 3.8) is 0 Å². The van der Waals surface area contributed by atoms with E-state index in [1.165, 1.54) is 50.8 Å². The number of unbranched alkanes of at least 4 members (excludes halogenated alkanes) is 1. The molecule has 1 aliphatic rings. The Labute approximate surface area is 415 Å². The van der Waals surface area contributed by atoms with Crippen molar-refractivity contribution in [2.24, 2.45) is 0 Å². The molecule has 3 heterocycles. The number of ether oxygens (including phenoxy) is 3. The second-order valence-electron chi connectivity index (χ2n) is 16.5. The van der Waals surface area contributed by atoms with Gasteiger partial charge in [0.25, 0.3) is 0 Å². The molecule has 0 spiro atoms. The first-order chi connectivity index (χ1) is 29.7. The van der Waals surface area contributed by atoms with Gasteiger partial charge in [-0.05, 0) is 127 Å². The normalized spacial score (nSPS) is 11.4. The molecule has 2 aromatic carbocycles. The topological polar surface area (TPSA) is 137 Å². The number of carbonyl (C=O) groups is 5. The third-order valence-corrected chi connectivity index (χ3v) is 9.99. The van der Waals surface area contributed by atoms with Crippen LogP contribution in [0.2, 0.25) is 0 Å². The molecule has 5 rings (SSSR count). The van der Waals surface area contributed by atoms with Gasteiger partial charge < -0.3 is 44.2 Å². The number of nitrogens with one attached hydrogen (secondary N) is 2. The summed E-state index contributed by atoms with van der Waals surface area (Å²) in [6.45, 7) is 24.4. The van der Waals surface area contributed by atoms with Gasteiger partial charge in [-0.25, -0.2) is 0 Å². The molecule has 2 N–H and O–H groups in total. The van der Waals surface area contributed by atoms with Gasteiger partial charge >= 0.3 is 30.8 Å². The van der Waals surface area contributed by atoms with Crippen molar-refractivity contribution in [3.8, 4) is 0 Å². The zero-order valence-corrected chi connectivity index (χ0v) is 43.0. The van der Waals surface area contributed by atoms with Crippen molar-refractivity contribution < 1.29 is 69.5 Å². The number of aldehydes is 1. The summed E-state index contributed by atoms with van der Waals surface area (Å²) < 4.78 is 15.2. The minimum atomic E-state index is -0.549. The first-order valence-corrected chi connectivity index (χ1v) is 23.2. The Morgan fingerprint density at radius 2 is 1.06 bits per heavy atom. The molecule has 1 aliphatic heterocycles. The minimum absolute atomic E-state index is 0. The molecule has 0 radical (unpaired) electrons. The van der Waals surface area contributed by atoms with Gasteiger partial charge in [0, 0.05) is 27.8 Å². The van der Waals surface area contributed by atoms with Crippen LogP contribution < -0.4 is 41.9 Å². The first kappa shape index (κ1) is 63.1. The fourth-order valence-electron chi connectivity index (χ4n) is 4.98. The first-order valence-electron chi connectivity index (χ1n) is 21.5. The second kappa shape index (κ2) is 35.2. The molecule has 2 amide bonds. The summed E-state index contributed by atoms with van der Waals surface area (Å²) >= 11 is 3.27. The Morgan fingerprint density at radius 1 is 0.662 bits per heavy atom. The molecule has 4 aromatic rings. The van der Waals surface area contributed by atoms with Crippen molar-refractivity contribution in [2.45, 2.75) is 125 Å². The largest absolute Gasteiger partial charge is 1.00 e. The van der Waals surface area contributed by atoms with E-state index in [-0.39, 0.29) is 69.0 Å². The maximum absolute atomic E-state index is 11.9. The van der Waals surface area contributed by atoms with Crippen LogP contribution in [0.25, 0.3) is 12.2 Å². The quantitative estimate of drug-likeness (QED) is 0.0848. The summed E-state index contributed by atoms with van der Waals surface area (Å²) in [5.74, 6) is -1.24. The molecular formula is C51H71ClLiN2O8S2-. The van der Waals surface area contributed by atoms with Crippen LogP contribution in [-0.2, 0) is 52.7 Å².